The molecule has 2 heterocycles. The zero-order chi connectivity index (χ0) is 19.4. The van der Waals surface area contributed by atoms with E-state index in [1.807, 2.05) is 0 Å². The van der Waals surface area contributed by atoms with Crippen molar-refractivity contribution in [1.82, 2.24) is 19.6 Å². The fourth-order valence-electron chi connectivity index (χ4n) is 2.39. The van der Waals surface area contributed by atoms with Gasteiger partial charge in [0.25, 0.3) is 5.56 Å². The zero-order valence-corrected chi connectivity index (χ0v) is 15.5. The molecule has 10 heteroatoms. The van der Waals surface area contributed by atoms with Crippen LogP contribution >= 0.6 is 11.8 Å². The largest absolute Gasteiger partial charge is 0.462 e. The van der Waals surface area contributed by atoms with Crippen LogP contribution in [0.15, 0.2) is 40.3 Å². The van der Waals surface area contributed by atoms with Crippen molar-refractivity contribution in [3.63, 3.8) is 0 Å². The second-order valence-corrected chi connectivity index (χ2v) is 6.49. The molecule has 0 atom stereocenters. The van der Waals surface area contributed by atoms with Gasteiger partial charge in [-0.2, -0.15) is 0 Å². The van der Waals surface area contributed by atoms with Gasteiger partial charge in [-0.25, -0.2) is 4.79 Å². The van der Waals surface area contributed by atoms with Crippen LogP contribution in [0, 0.1) is 6.92 Å². The Kier molecular flexibility index (Phi) is 5.55. The number of amides is 1. The number of carbonyl (C=O) groups is 2. The lowest BCUT2D eigenvalue weighted by atomic mass is 10.2. The number of anilines is 1. The fraction of sp³-hybridized carbons (Fsp3) is 0.235. The maximum absolute atomic E-state index is 12.2. The highest BCUT2D eigenvalue weighted by Gasteiger charge is 2.12. The number of hydrogen-bond donors (Lipinski definition) is 2. The van der Waals surface area contributed by atoms with Crippen LogP contribution in [0.25, 0.3) is 5.78 Å². The minimum Gasteiger partial charge on any atom is -0.462 e. The number of aromatic amines is 1. The summed E-state index contributed by atoms with van der Waals surface area (Å²) < 4.78 is 6.59. The standard InChI is InChI=1S/C17H17N5O4S/c1-3-26-15(25)11-4-6-12(7-5-11)18-14(24)9-27-17-21-20-16-19-13(23)8-10(2)22(16)17/h4-8H,3,9H2,1-2H3,(H,18,24)(H,19,20,23). The van der Waals surface area contributed by atoms with Gasteiger partial charge in [-0.1, -0.05) is 11.8 Å². The highest BCUT2D eigenvalue weighted by atomic mass is 32.2. The van der Waals surface area contributed by atoms with Crippen LogP contribution in [0.2, 0.25) is 0 Å². The molecule has 1 amide bonds. The average molecular weight is 387 g/mol. The van der Waals surface area contributed by atoms with Crippen LogP contribution in [0.4, 0.5) is 5.69 Å². The number of ether oxygens (including phenoxy) is 1. The van der Waals surface area contributed by atoms with Crippen molar-refractivity contribution in [2.45, 2.75) is 19.0 Å². The summed E-state index contributed by atoms with van der Waals surface area (Å²) in [5.74, 6) is -0.197. The summed E-state index contributed by atoms with van der Waals surface area (Å²) in [5.41, 5.74) is 1.41. The minimum absolute atomic E-state index is 0.110. The van der Waals surface area contributed by atoms with E-state index in [1.54, 1.807) is 42.5 Å². The number of rotatable bonds is 6. The molecule has 0 aliphatic heterocycles. The van der Waals surface area contributed by atoms with Gasteiger partial charge in [0.05, 0.1) is 17.9 Å². The monoisotopic (exact) mass is 387 g/mol. The quantitative estimate of drug-likeness (QED) is 0.487. The van der Waals surface area contributed by atoms with Crippen LogP contribution in [-0.2, 0) is 9.53 Å². The highest BCUT2D eigenvalue weighted by molar-refractivity contribution is 7.99. The first-order valence-electron chi connectivity index (χ1n) is 8.13. The Morgan fingerprint density at radius 3 is 2.70 bits per heavy atom. The molecule has 2 aromatic heterocycles. The van der Waals surface area contributed by atoms with Gasteiger partial charge in [0, 0.05) is 17.4 Å². The maximum atomic E-state index is 12.2. The SMILES string of the molecule is CCOC(=O)c1ccc(NC(=O)CSc2nnc3[nH]c(=O)cc(C)n23)cc1. The van der Waals surface area contributed by atoms with Crippen molar-refractivity contribution in [2.75, 3.05) is 17.7 Å². The number of aromatic nitrogens is 4. The Balaban J connectivity index is 1.62. The molecule has 9 nitrogen and oxygen atoms in total. The fourth-order valence-corrected chi connectivity index (χ4v) is 3.18. The molecule has 0 saturated heterocycles. The molecule has 1 aromatic carbocycles. The molecule has 3 rings (SSSR count). The van der Waals surface area contributed by atoms with E-state index in [2.05, 4.69) is 20.5 Å². The van der Waals surface area contributed by atoms with Crippen LogP contribution in [-0.4, -0.2) is 43.8 Å². The van der Waals surface area contributed by atoms with E-state index < -0.39 is 5.97 Å². The molecule has 0 aliphatic carbocycles. The number of carbonyl (C=O) groups excluding carboxylic acids is 2. The van der Waals surface area contributed by atoms with Gasteiger partial charge in [0.2, 0.25) is 11.7 Å². The van der Waals surface area contributed by atoms with Gasteiger partial charge < -0.3 is 10.1 Å². The number of H-pyrrole nitrogens is 1. The van der Waals surface area contributed by atoms with Crippen molar-refractivity contribution < 1.29 is 14.3 Å². The lowest BCUT2D eigenvalue weighted by Gasteiger charge is -2.06. The van der Waals surface area contributed by atoms with Crippen molar-refractivity contribution in [1.29, 1.82) is 0 Å². The first-order valence-corrected chi connectivity index (χ1v) is 9.11. The van der Waals surface area contributed by atoms with E-state index in [1.165, 1.54) is 17.8 Å². The van der Waals surface area contributed by atoms with Gasteiger partial charge >= 0.3 is 5.97 Å². The maximum Gasteiger partial charge on any atom is 0.338 e. The Morgan fingerprint density at radius 2 is 2.00 bits per heavy atom. The molecule has 3 aromatic rings. The highest BCUT2D eigenvalue weighted by Crippen LogP contribution is 2.18. The van der Waals surface area contributed by atoms with Gasteiger partial charge in [-0.15, -0.1) is 10.2 Å². The second kappa shape index (κ2) is 8.04. The van der Waals surface area contributed by atoms with Gasteiger partial charge in [0.15, 0.2) is 5.16 Å². The topological polar surface area (TPSA) is 118 Å². The summed E-state index contributed by atoms with van der Waals surface area (Å²) in [6.07, 6.45) is 0. The molecule has 140 valence electrons. The third-order valence-corrected chi connectivity index (χ3v) is 4.50. The Hall–Kier alpha value is -3.14. The number of benzene rings is 1. The molecular weight excluding hydrogens is 370 g/mol. The van der Waals surface area contributed by atoms with E-state index in [0.717, 1.165) is 0 Å². The van der Waals surface area contributed by atoms with Crippen molar-refractivity contribution >= 4 is 35.1 Å². The summed E-state index contributed by atoms with van der Waals surface area (Å²) in [5, 5.41) is 11.2. The number of thioether (sulfide) groups is 1. The lowest BCUT2D eigenvalue weighted by Crippen LogP contribution is -2.15. The summed E-state index contributed by atoms with van der Waals surface area (Å²) >= 11 is 1.20. The normalized spacial score (nSPS) is 10.7. The molecule has 0 fully saturated rings. The van der Waals surface area contributed by atoms with E-state index in [4.69, 9.17) is 4.74 Å². The van der Waals surface area contributed by atoms with Gasteiger partial charge in [-0.3, -0.25) is 19.0 Å². The molecule has 2 N–H and O–H groups in total. The van der Waals surface area contributed by atoms with Gasteiger partial charge in [-0.05, 0) is 38.1 Å². The van der Waals surface area contributed by atoms with Crippen molar-refractivity contribution in [2.24, 2.45) is 0 Å². The first kappa shape index (κ1) is 18.6. The van der Waals surface area contributed by atoms with Crippen LogP contribution in [0.1, 0.15) is 23.0 Å². The number of hydrogen-bond acceptors (Lipinski definition) is 7. The van der Waals surface area contributed by atoms with Crippen LogP contribution in [0.5, 0.6) is 0 Å². The van der Waals surface area contributed by atoms with E-state index in [9.17, 15) is 14.4 Å². The summed E-state index contributed by atoms with van der Waals surface area (Å²) in [6, 6.07) is 7.89. The molecule has 0 radical (unpaired) electrons. The predicted octanol–water partition coefficient (Wildman–Crippen LogP) is 1.63. The zero-order valence-electron chi connectivity index (χ0n) is 14.7. The summed E-state index contributed by atoms with van der Waals surface area (Å²) in [4.78, 5) is 37.8. The number of aryl methyl sites for hydroxylation is 1. The smallest absolute Gasteiger partial charge is 0.338 e. The van der Waals surface area contributed by atoms with Crippen molar-refractivity contribution in [3.8, 4) is 0 Å². The number of nitrogens with zero attached hydrogens (tertiary/aromatic N) is 3. The molecule has 0 bridgehead atoms. The molecular formula is C17H17N5O4S. The molecule has 0 spiro atoms. The Labute approximate surface area is 158 Å². The predicted molar refractivity (Wildman–Crippen MR) is 100 cm³/mol. The van der Waals surface area contributed by atoms with E-state index >= 15 is 0 Å². The molecule has 27 heavy (non-hydrogen) atoms. The lowest BCUT2D eigenvalue weighted by molar-refractivity contribution is -0.113. The van der Waals surface area contributed by atoms with Crippen LogP contribution < -0.4 is 10.9 Å². The Bertz CT molecular complexity index is 1040. The van der Waals surface area contributed by atoms with Crippen molar-refractivity contribution in [3.05, 3.63) is 51.9 Å². The third-order valence-electron chi connectivity index (χ3n) is 3.57. The molecule has 0 unspecified atom stereocenters. The second-order valence-electron chi connectivity index (χ2n) is 5.55. The summed E-state index contributed by atoms with van der Waals surface area (Å²) in [6.45, 7) is 3.81. The molecule has 0 saturated carbocycles. The third kappa shape index (κ3) is 4.34. The van der Waals surface area contributed by atoms with Gasteiger partial charge in [0.1, 0.15) is 0 Å². The van der Waals surface area contributed by atoms with E-state index in [-0.39, 0.29) is 17.2 Å². The minimum atomic E-state index is -0.405. The number of esters is 1. The summed E-state index contributed by atoms with van der Waals surface area (Å²) in [7, 11) is 0. The average Bonchev–Trinajstić information content (AvgIpc) is 3.04. The van der Waals surface area contributed by atoms with Crippen LogP contribution in [0.3, 0.4) is 0 Å². The number of fused-ring (bicyclic) bond motifs is 1. The number of nitrogens with one attached hydrogen (secondary N) is 2. The Morgan fingerprint density at radius 1 is 1.26 bits per heavy atom. The van der Waals surface area contributed by atoms with E-state index in [0.29, 0.717) is 34.5 Å². The first-order chi connectivity index (χ1) is 13.0. The molecule has 0 aliphatic rings.